The molecule has 22 heavy (non-hydrogen) atoms. The Labute approximate surface area is 128 Å². The van der Waals surface area contributed by atoms with Crippen LogP contribution in [0.1, 0.15) is 28.5 Å². The molecule has 4 rings (SSSR count). The van der Waals surface area contributed by atoms with E-state index in [2.05, 4.69) is 22.3 Å². The lowest BCUT2D eigenvalue weighted by Gasteiger charge is -2.18. The Morgan fingerprint density at radius 2 is 1.73 bits per heavy atom. The maximum atomic E-state index is 10.6. The average Bonchev–Trinajstić information content (AvgIpc) is 3.10. The molecule has 2 aromatic carbocycles. The first kappa shape index (κ1) is 13.2. The third-order valence-electron chi connectivity index (χ3n) is 4.26. The number of rotatable bonds is 2. The molecule has 0 radical (unpaired) electrons. The normalized spacial score (nSPS) is 20.1. The van der Waals surface area contributed by atoms with Crippen LogP contribution in [-0.4, -0.2) is 21.4 Å². The van der Waals surface area contributed by atoms with Crippen molar-refractivity contribution in [3.05, 3.63) is 71.1 Å². The number of aromatic nitrogens is 2. The molecule has 4 nitrogen and oxygen atoms in total. The van der Waals surface area contributed by atoms with Gasteiger partial charge in [0.1, 0.15) is 0 Å². The summed E-state index contributed by atoms with van der Waals surface area (Å²) in [5.74, 6) is 0.987. The van der Waals surface area contributed by atoms with Gasteiger partial charge < -0.3 is 9.52 Å². The summed E-state index contributed by atoms with van der Waals surface area (Å²) in [7, 11) is 0. The fraction of sp³-hybridized carbons (Fsp3) is 0.222. The molecule has 3 aromatic rings. The van der Waals surface area contributed by atoms with Crippen molar-refractivity contribution >= 4 is 0 Å². The van der Waals surface area contributed by atoms with Gasteiger partial charge >= 0.3 is 0 Å². The molecule has 0 fully saturated rings. The second-order valence-electron chi connectivity index (χ2n) is 5.66. The molecular formula is C18H16N2O2. The van der Waals surface area contributed by atoms with Gasteiger partial charge in [0.25, 0.3) is 0 Å². The summed E-state index contributed by atoms with van der Waals surface area (Å²) in [6, 6.07) is 16.1. The summed E-state index contributed by atoms with van der Waals surface area (Å²) in [5, 5.41) is 18.6. The summed E-state index contributed by atoms with van der Waals surface area (Å²) in [5.41, 5.74) is 4.31. The molecule has 1 heterocycles. The second-order valence-corrected chi connectivity index (χ2v) is 5.66. The fourth-order valence-corrected chi connectivity index (χ4v) is 3.32. The van der Waals surface area contributed by atoms with Crippen LogP contribution >= 0.6 is 0 Å². The van der Waals surface area contributed by atoms with Gasteiger partial charge in [0.05, 0.1) is 6.10 Å². The van der Waals surface area contributed by atoms with Crippen LogP contribution in [0.15, 0.2) is 52.9 Å². The first-order valence-electron chi connectivity index (χ1n) is 7.39. The van der Waals surface area contributed by atoms with Crippen LogP contribution in [0.3, 0.4) is 0 Å². The smallest absolute Gasteiger partial charge is 0.248 e. The van der Waals surface area contributed by atoms with Crippen molar-refractivity contribution in [3.8, 4) is 11.5 Å². The number of aryl methyl sites for hydroxylation is 1. The highest BCUT2D eigenvalue weighted by Gasteiger charge is 2.34. The lowest BCUT2D eigenvalue weighted by atomic mass is 9.88. The quantitative estimate of drug-likeness (QED) is 0.788. The van der Waals surface area contributed by atoms with Crippen molar-refractivity contribution in [1.82, 2.24) is 10.2 Å². The molecule has 0 bridgehead atoms. The third kappa shape index (κ3) is 2.04. The van der Waals surface area contributed by atoms with Crippen molar-refractivity contribution in [2.24, 2.45) is 0 Å². The molecule has 0 amide bonds. The van der Waals surface area contributed by atoms with Gasteiger partial charge in [-0.1, -0.05) is 42.5 Å². The highest BCUT2D eigenvalue weighted by molar-refractivity contribution is 5.62. The van der Waals surface area contributed by atoms with Crippen molar-refractivity contribution in [2.75, 3.05) is 0 Å². The van der Waals surface area contributed by atoms with Crippen molar-refractivity contribution in [2.45, 2.75) is 25.4 Å². The lowest BCUT2D eigenvalue weighted by molar-refractivity contribution is 0.169. The SMILES string of the molecule is Cc1nnc(-c2ccccc2[C@@H]2c3ccccc3C[C@H]2O)o1. The van der Waals surface area contributed by atoms with Crippen LogP contribution in [0.25, 0.3) is 11.5 Å². The van der Waals surface area contributed by atoms with Crippen LogP contribution in [0.2, 0.25) is 0 Å². The van der Waals surface area contributed by atoms with E-state index in [0.29, 0.717) is 18.2 Å². The average molecular weight is 292 g/mol. The molecule has 0 aliphatic heterocycles. The van der Waals surface area contributed by atoms with Crippen LogP contribution in [-0.2, 0) is 6.42 Å². The minimum Gasteiger partial charge on any atom is -0.421 e. The van der Waals surface area contributed by atoms with E-state index in [0.717, 1.165) is 11.1 Å². The largest absolute Gasteiger partial charge is 0.421 e. The summed E-state index contributed by atoms with van der Waals surface area (Å²) < 4.78 is 5.59. The van der Waals surface area contributed by atoms with Crippen LogP contribution in [0.4, 0.5) is 0 Å². The number of hydrogen-bond acceptors (Lipinski definition) is 4. The molecule has 1 aromatic heterocycles. The molecule has 0 unspecified atom stereocenters. The lowest BCUT2D eigenvalue weighted by Crippen LogP contribution is -2.15. The Balaban J connectivity index is 1.87. The maximum absolute atomic E-state index is 10.6. The number of aliphatic hydroxyl groups excluding tert-OH is 1. The monoisotopic (exact) mass is 292 g/mol. The summed E-state index contributed by atoms with van der Waals surface area (Å²) >= 11 is 0. The van der Waals surface area contributed by atoms with Gasteiger partial charge in [0.15, 0.2) is 0 Å². The van der Waals surface area contributed by atoms with E-state index in [1.807, 2.05) is 36.4 Å². The summed E-state index contributed by atoms with van der Waals surface area (Å²) in [4.78, 5) is 0. The number of nitrogens with zero attached hydrogens (tertiary/aromatic N) is 2. The summed E-state index contributed by atoms with van der Waals surface area (Å²) in [6.07, 6.45) is 0.250. The Bertz CT molecular complexity index is 825. The maximum Gasteiger partial charge on any atom is 0.248 e. The first-order valence-corrected chi connectivity index (χ1v) is 7.39. The van der Waals surface area contributed by atoms with Gasteiger partial charge in [-0.25, -0.2) is 0 Å². The minimum absolute atomic E-state index is 0.0559. The van der Waals surface area contributed by atoms with Gasteiger partial charge in [-0.3, -0.25) is 0 Å². The number of aliphatic hydroxyl groups is 1. The zero-order valence-corrected chi connectivity index (χ0v) is 12.2. The first-order chi connectivity index (χ1) is 10.7. The van der Waals surface area contributed by atoms with E-state index in [4.69, 9.17) is 4.42 Å². The van der Waals surface area contributed by atoms with Crippen LogP contribution in [0, 0.1) is 6.92 Å². The Morgan fingerprint density at radius 3 is 2.50 bits per heavy atom. The van der Waals surface area contributed by atoms with Gasteiger partial charge in [0, 0.05) is 18.4 Å². The molecule has 0 saturated heterocycles. The third-order valence-corrected chi connectivity index (χ3v) is 4.26. The molecule has 1 N–H and O–H groups in total. The van der Waals surface area contributed by atoms with Crippen LogP contribution < -0.4 is 0 Å². The molecule has 0 saturated carbocycles. The molecule has 110 valence electrons. The molecule has 2 atom stereocenters. The minimum atomic E-state index is -0.428. The van der Waals surface area contributed by atoms with Gasteiger partial charge in [-0.2, -0.15) is 0 Å². The molecule has 1 aliphatic carbocycles. The Kier molecular flexibility index (Phi) is 3.05. The fourth-order valence-electron chi connectivity index (χ4n) is 3.32. The Hall–Kier alpha value is -2.46. The van der Waals surface area contributed by atoms with Gasteiger partial charge in [-0.15, -0.1) is 10.2 Å². The van der Waals surface area contributed by atoms with Crippen molar-refractivity contribution < 1.29 is 9.52 Å². The van der Waals surface area contributed by atoms with E-state index < -0.39 is 6.10 Å². The highest BCUT2D eigenvalue weighted by Crippen LogP contribution is 2.41. The van der Waals surface area contributed by atoms with E-state index >= 15 is 0 Å². The molecule has 1 aliphatic rings. The Morgan fingerprint density at radius 1 is 1.00 bits per heavy atom. The van der Waals surface area contributed by atoms with E-state index in [1.54, 1.807) is 6.92 Å². The van der Waals surface area contributed by atoms with Gasteiger partial charge in [-0.05, 0) is 29.2 Å². The predicted molar refractivity (Wildman–Crippen MR) is 82.5 cm³/mol. The second kappa shape index (κ2) is 5.07. The van der Waals surface area contributed by atoms with Crippen molar-refractivity contribution in [3.63, 3.8) is 0 Å². The van der Waals surface area contributed by atoms with E-state index in [-0.39, 0.29) is 5.92 Å². The molecule has 4 heteroatoms. The topological polar surface area (TPSA) is 59.2 Å². The number of benzene rings is 2. The van der Waals surface area contributed by atoms with Crippen molar-refractivity contribution in [1.29, 1.82) is 0 Å². The molecule has 0 spiro atoms. The van der Waals surface area contributed by atoms with Gasteiger partial charge in [0.2, 0.25) is 11.8 Å². The van der Waals surface area contributed by atoms with E-state index in [1.165, 1.54) is 11.1 Å². The zero-order valence-electron chi connectivity index (χ0n) is 12.2. The standard InChI is InChI=1S/C18H16N2O2/c1-11-19-20-18(22-11)15-9-5-4-8-14(15)17-13-7-3-2-6-12(13)10-16(17)21/h2-9,16-17,21H,10H2,1H3/t16-,17+/m1/s1. The van der Waals surface area contributed by atoms with Crippen LogP contribution in [0.5, 0.6) is 0 Å². The van der Waals surface area contributed by atoms with E-state index in [9.17, 15) is 5.11 Å². The summed E-state index contributed by atoms with van der Waals surface area (Å²) in [6.45, 7) is 1.78. The zero-order chi connectivity index (χ0) is 15.1. The number of hydrogen-bond donors (Lipinski definition) is 1. The molecular weight excluding hydrogens is 276 g/mol. The highest BCUT2D eigenvalue weighted by atomic mass is 16.4. The number of fused-ring (bicyclic) bond motifs is 1. The predicted octanol–water partition coefficient (Wildman–Crippen LogP) is 3.09.